The Bertz CT molecular complexity index is 473. The number of halogens is 1. The van der Waals surface area contributed by atoms with Crippen LogP contribution in [0.5, 0.6) is 0 Å². The molecule has 2 nitrogen and oxygen atoms in total. The number of rotatable bonds is 2. The van der Waals surface area contributed by atoms with Gasteiger partial charge in [-0.25, -0.2) is 4.79 Å². The van der Waals surface area contributed by atoms with Crippen LogP contribution < -0.4 is 0 Å². The van der Waals surface area contributed by atoms with Crippen LogP contribution in [0.15, 0.2) is 27.4 Å². The van der Waals surface area contributed by atoms with Crippen molar-refractivity contribution in [2.45, 2.75) is 0 Å². The zero-order chi connectivity index (χ0) is 10.1. The van der Waals surface area contributed by atoms with Crippen LogP contribution in [0.1, 0.15) is 10.4 Å². The Kier molecular flexibility index (Phi) is 2.71. The summed E-state index contributed by atoms with van der Waals surface area (Å²) in [5.74, 6) is -0.875. The summed E-state index contributed by atoms with van der Waals surface area (Å²) >= 11 is 6.47. The van der Waals surface area contributed by atoms with E-state index in [1.807, 2.05) is 11.4 Å². The highest BCUT2D eigenvalue weighted by Crippen LogP contribution is 2.37. The Labute approximate surface area is 97.0 Å². The van der Waals surface area contributed by atoms with Gasteiger partial charge in [0, 0.05) is 14.7 Å². The lowest BCUT2D eigenvalue weighted by Gasteiger charge is -1.90. The number of hydrogen-bond donors (Lipinski definition) is 1. The van der Waals surface area contributed by atoms with E-state index in [2.05, 4.69) is 15.9 Å². The molecule has 2 aromatic rings. The number of thiophene rings is 2. The van der Waals surface area contributed by atoms with E-state index in [1.54, 1.807) is 22.8 Å². The third-order valence-electron chi connectivity index (χ3n) is 1.69. The van der Waals surface area contributed by atoms with Crippen LogP contribution in [0.4, 0.5) is 0 Å². The summed E-state index contributed by atoms with van der Waals surface area (Å²) in [6.07, 6.45) is 0. The molecule has 0 spiro atoms. The van der Waals surface area contributed by atoms with E-state index in [4.69, 9.17) is 5.11 Å². The number of carboxylic acids is 1. The third kappa shape index (κ3) is 1.75. The number of carbonyl (C=O) groups is 1. The molecule has 14 heavy (non-hydrogen) atoms. The molecule has 0 radical (unpaired) electrons. The maximum Gasteiger partial charge on any atom is 0.336 e. The van der Waals surface area contributed by atoms with Crippen LogP contribution in [0.3, 0.4) is 0 Å². The molecule has 72 valence electrons. The highest BCUT2D eigenvalue weighted by Gasteiger charge is 2.10. The zero-order valence-electron chi connectivity index (χ0n) is 6.86. The molecule has 0 unspecified atom stereocenters. The van der Waals surface area contributed by atoms with Crippen LogP contribution in [-0.4, -0.2) is 11.1 Å². The van der Waals surface area contributed by atoms with Crippen LogP contribution in [0.25, 0.3) is 9.75 Å². The molecule has 0 bridgehead atoms. The van der Waals surface area contributed by atoms with Crippen molar-refractivity contribution in [1.82, 2.24) is 0 Å². The second-order valence-electron chi connectivity index (χ2n) is 2.60. The van der Waals surface area contributed by atoms with Gasteiger partial charge in [0.2, 0.25) is 0 Å². The molecule has 0 amide bonds. The predicted octanol–water partition coefficient (Wildman–Crippen LogP) is 3.94. The molecule has 5 heteroatoms. The highest BCUT2D eigenvalue weighted by atomic mass is 79.9. The van der Waals surface area contributed by atoms with Crippen molar-refractivity contribution in [2.24, 2.45) is 0 Å². The maximum absolute atomic E-state index is 10.7. The van der Waals surface area contributed by atoms with Gasteiger partial charge in [0.25, 0.3) is 0 Å². The number of hydrogen-bond acceptors (Lipinski definition) is 3. The standard InChI is InChI=1S/C9H5BrO2S2/c10-6-1-2-13-8(6)7-3-5(4-14-7)9(11)12/h1-4H,(H,11,12). The van der Waals surface area contributed by atoms with Crippen molar-refractivity contribution in [1.29, 1.82) is 0 Å². The summed E-state index contributed by atoms with van der Waals surface area (Å²) in [5, 5.41) is 12.4. The first kappa shape index (κ1) is 9.89. The van der Waals surface area contributed by atoms with Crippen molar-refractivity contribution < 1.29 is 9.90 Å². The first-order valence-electron chi connectivity index (χ1n) is 3.73. The van der Waals surface area contributed by atoms with E-state index in [0.717, 1.165) is 14.2 Å². The van der Waals surface area contributed by atoms with E-state index in [9.17, 15) is 4.79 Å². The minimum atomic E-state index is -0.875. The van der Waals surface area contributed by atoms with Gasteiger partial charge in [0.1, 0.15) is 0 Å². The molecule has 0 aromatic carbocycles. The maximum atomic E-state index is 10.7. The minimum absolute atomic E-state index is 0.352. The van der Waals surface area contributed by atoms with Gasteiger partial charge in [-0.2, -0.15) is 0 Å². The number of aromatic carboxylic acids is 1. The highest BCUT2D eigenvalue weighted by molar-refractivity contribution is 9.10. The van der Waals surface area contributed by atoms with Crippen LogP contribution in [-0.2, 0) is 0 Å². The Hall–Kier alpha value is -0.650. The monoisotopic (exact) mass is 288 g/mol. The largest absolute Gasteiger partial charge is 0.478 e. The summed E-state index contributed by atoms with van der Waals surface area (Å²) < 4.78 is 1.02. The topological polar surface area (TPSA) is 37.3 Å². The lowest BCUT2D eigenvalue weighted by Crippen LogP contribution is -1.91. The second kappa shape index (κ2) is 3.84. The molecule has 0 aliphatic heterocycles. The molecule has 1 N–H and O–H groups in total. The summed E-state index contributed by atoms with van der Waals surface area (Å²) in [5.41, 5.74) is 0.352. The quantitative estimate of drug-likeness (QED) is 0.909. The first-order chi connectivity index (χ1) is 6.68. The molecule has 2 rings (SSSR count). The van der Waals surface area contributed by atoms with Crippen molar-refractivity contribution in [3.63, 3.8) is 0 Å². The fourth-order valence-corrected chi connectivity index (χ4v) is 3.79. The Balaban J connectivity index is 2.43. The van der Waals surface area contributed by atoms with Crippen LogP contribution >= 0.6 is 38.6 Å². The van der Waals surface area contributed by atoms with Crippen molar-refractivity contribution in [3.8, 4) is 9.75 Å². The van der Waals surface area contributed by atoms with Gasteiger partial charge < -0.3 is 5.11 Å². The van der Waals surface area contributed by atoms with E-state index in [-0.39, 0.29) is 0 Å². The molecule has 0 atom stereocenters. The molecule has 0 saturated heterocycles. The molecule has 2 aromatic heterocycles. The molecule has 0 saturated carbocycles. The summed E-state index contributed by atoms with van der Waals surface area (Å²) in [6, 6.07) is 3.66. The molecule has 0 fully saturated rings. The van der Waals surface area contributed by atoms with Crippen LogP contribution in [0, 0.1) is 0 Å². The zero-order valence-corrected chi connectivity index (χ0v) is 10.1. The summed E-state index contributed by atoms with van der Waals surface area (Å²) in [7, 11) is 0. The van der Waals surface area contributed by atoms with Crippen molar-refractivity contribution in [2.75, 3.05) is 0 Å². The Morgan fingerprint density at radius 3 is 2.71 bits per heavy atom. The van der Waals surface area contributed by atoms with E-state index in [0.29, 0.717) is 5.56 Å². The average molecular weight is 289 g/mol. The van der Waals surface area contributed by atoms with Crippen molar-refractivity contribution in [3.05, 3.63) is 32.9 Å². The van der Waals surface area contributed by atoms with Crippen molar-refractivity contribution >= 4 is 44.6 Å². The molecule has 0 aliphatic rings. The van der Waals surface area contributed by atoms with Gasteiger partial charge in [-0.1, -0.05) is 0 Å². The van der Waals surface area contributed by atoms with E-state index < -0.39 is 5.97 Å². The minimum Gasteiger partial charge on any atom is -0.478 e. The SMILES string of the molecule is O=C(O)c1csc(-c2sccc2Br)c1. The summed E-state index contributed by atoms with van der Waals surface area (Å²) in [6.45, 7) is 0. The van der Waals surface area contributed by atoms with Gasteiger partial charge in [0.05, 0.1) is 10.4 Å². The normalized spacial score (nSPS) is 10.4. The Morgan fingerprint density at radius 2 is 2.21 bits per heavy atom. The lowest BCUT2D eigenvalue weighted by molar-refractivity contribution is 0.0697. The van der Waals surface area contributed by atoms with Gasteiger partial charge in [0.15, 0.2) is 0 Å². The van der Waals surface area contributed by atoms with E-state index >= 15 is 0 Å². The number of carboxylic acid groups (broad SMARTS) is 1. The second-order valence-corrected chi connectivity index (χ2v) is 5.28. The molecule has 0 aliphatic carbocycles. The van der Waals surface area contributed by atoms with Gasteiger partial charge in [-0.05, 0) is 33.4 Å². The van der Waals surface area contributed by atoms with Gasteiger partial charge in [-0.15, -0.1) is 22.7 Å². The van der Waals surface area contributed by atoms with E-state index in [1.165, 1.54) is 11.3 Å². The van der Waals surface area contributed by atoms with Gasteiger partial charge in [-0.3, -0.25) is 0 Å². The molecular formula is C9H5BrO2S2. The lowest BCUT2D eigenvalue weighted by atomic mass is 10.3. The molecular weight excluding hydrogens is 284 g/mol. The Morgan fingerprint density at radius 1 is 1.43 bits per heavy atom. The van der Waals surface area contributed by atoms with Crippen LogP contribution in [0.2, 0.25) is 0 Å². The molecule has 2 heterocycles. The fraction of sp³-hybridized carbons (Fsp3) is 0. The first-order valence-corrected chi connectivity index (χ1v) is 6.29. The third-order valence-corrected chi connectivity index (χ3v) is 4.64. The predicted molar refractivity (Wildman–Crippen MR) is 62.3 cm³/mol. The smallest absolute Gasteiger partial charge is 0.336 e. The average Bonchev–Trinajstić information content (AvgIpc) is 2.71. The van der Waals surface area contributed by atoms with Gasteiger partial charge >= 0.3 is 5.97 Å². The summed E-state index contributed by atoms with van der Waals surface area (Å²) in [4.78, 5) is 12.7. The fourth-order valence-electron chi connectivity index (χ4n) is 1.04.